The molecule has 154 valence electrons. The third-order valence-corrected chi connectivity index (χ3v) is 6.31. The Kier molecular flexibility index (Phi) is 7.80. The van der Waals surface area contributed by atoms with Gasteiger partial charge in [-0.1, -0.05) is 35.3 Å². The fourth-order valence-electron chi connectivity index (χ4n) is 2.11. The Balaban J connectivity index is 1.89. The maximum Gasteiger partial charge on any atom is 0.331 e. The van der Waals surface area contributed by atoms with Crippen molar-refractivity contribution in [1.29, 1.82) is 0 Å². The summed E-state index contributed by atoms with van der Waals surface area (Å²) < 4.78 is 30.0. The first-order chi connectivity index (χ1) is 13.6. The van der Waals surface area contributed by atoms with Gasteiger partial charge in [-0.15, -0.1) is 0 Å². The number of hydrogen-bond acceptors (Lipinski definition) is 5. The molecule has 0 aliphatic carbocycles. The molecule has 2 aromatic carbocycles. The number of rotatable bonds is 7. The molecule has 0 aliphatic rings. The van der Waals surface area contributed by atoms with Crippen molar-refractivity contribution in [1.82, 2.24) is 4.31 Å². The van der Waals surface area contributed by atoms with Crippen LogP contribution < -0.4 is 5.32 Å². The maximum absolute atomic E-state index is 12.0. The van der Waals surface area contributed by atoms with Gasteiger partial charge in [0.2, 0.25) is 10.0 Å². The first-order valence-electron chi connectivity index (χ1n) is 8.22. The minimum Gasteiger partial charge on any atom is -0.452 e. The SMILES string of the molecule is CN(C)S(=O)(=O)c1ccc(NC(=O)COC(=O)/C=C/c2cccc(Cl)c2Cl)cc1. The number of carbonyl (C=O) groups excluding carboxylic acids is 2. The van der Waals surface area contributed by atoms with Crippen LogP contribution >= 0.6 is 23.2 Å². The van der Waals surface area contributed by atoms with Crippen molar-refractivity contribution in [3.05, 3.63) is 64.1 Å². The molecule has 0 fully saturated rings. The summed E-state index contributed by atoms with van der Waals surface area (Å²) in [5, 5.41) is 3.16. The molecule has 1 amide bonds. The summed E-state index contributed by atoms with van der Waals surface area (Å²) in [6.45, 7) is -0.510. The van der Waals surface area contributed by atoms with Crippen LogP contribution in [0.1, 0.15) is 5.56 Å². The third-order valence-electron chi connectivity index (χ3n) is 3.64. The van der Waals surface area contributed by atoms with Crippen LogP contribution in [-0.2, 0) is 24.3 Å². The second kappa shape index (κ2) is 9.89. The molecular weight excluding hydrogens is 439 g/mol. The normalized spacial score (nSPS) is 11.6. The van der Waals surface area contributed by atoms with Gasteiger partial charge in [-0.25, -0.2) is 17.5 Å². The molecular formula is C19H18Cl2N2O5S. The standard InChI is InChI=1S/C19H18Cl2N2O5S/c1-23(2)29(26,27)15-9-7-14(8-10-15)22-17(24)12-28-18(25)11-6-13-4-3-5-16(20)19(13)21/h3-11H,12H2,1-2H3,(H,22,24)/b11-6+. The number of anilines is 1. The molecule has 0 aromatic heterocycles. The summed E-state index contributed by atoms with van der Waals surface area (Å²) in [6.07, 6.45) is 2.56. The van der Waals surface area contributed by atoms with Gasteiger partial charge in [0.05, 0.1) is 14.9 Å². The van der Waals surface area contributed by atoms with E-state index in [1.807, 2.05) is 0 Å². The van der Waals surface area contributed by atoms with Crippen LogP contribution in [0.4, 0.5) is 5.69 Å². The van der Waals surface area contributed by atoms with E-state index in [-0.39, 0.29) is 4.90 Å². The monoisotopic (exact) mass is 456 g/mol. The lowest BCUT2D eigenvalue weighted by atomic mass is 10.2. The Morgan fingerprint density at radius 3 is 2.38 bits per heavy atom. The molecule has 0 bridgehead atoms. The highest BCUT2D eigenvalue weighted by atomic mass is 35.5. The van der Waals surface area contributed by atoms with Gasteiger partial charge in [-0.2, -0.15) is 0 Å². The summed E-state index contributed by atoms with van der Waals surface area (Å²) in [5.74, 6) is -1.31. The molecule has 0 aliphatic heterocycles. The number of nitrogens with zero attached hydrogens (tertiary/aromatic N) is 1. The minimum absolute atomic E-state index is 0.0942. The van der Waals surface area contributed by atoms with E-state index in [9.17, 15) is 18.0 Å². The quantitative estimate of drug-likeness (QED) is 0.508. The van der Waals surface area contributed by atoms with Crippen molar-refractivity contribution in [3.8, 4) is 0 Å². The number of benzene rings is 2. The lowest BCUT2D eigenvalue weighted by Gasteiger charge is -2.12. The number of nitrogens with one attached hydrogen (secondary N) is 1. The molecule has 0 unspecified atom stereocenters. The molecule has 0 radical (unpaired) electrons. The van der Waals surface area contributed by atoms with Gasteiger partial charge >= 0.3 is 5.97 Å². The second-order valence-electron chi connectivity index (χ2n) is 5.94. The Labute approximate surface area is 178 Å². The highest BCUT2D eigenvalue weighted by molar-refractivity contribution is 7.89. The number of hydrogen-bond donors (Lipinski definition) is 1. The lowest BCUT2D eigenvalue weighted by Crippen LogP contribution is -2.22. The molecule has 7 nitrogen and oxygen atoms in total. The molecule has 0 saturated heterocycles. The first-order valence-corrected chi connectivity index (χ1v) is 10.4. The topological polar surface area (TPSA) is 92.8 Å². The zero-order valence-electron chi connectivity index (χ0n) is 15.6. The number of esters is 1. The molecule has 0 spiro atoms. The molecule has 10 heteroatoms. The Morgan fingerprint density at radius 1 is 1.10 bits per heavy atom. The largest absolute Gasteiger partial charge is 0.452 e. The molecule has 1 N–H and O–H groups in total. The van der Waals surface area contributed by atoms with Crippen molar-refractivity contribution in [2.45, 2.75) is 4.90 Å². The number of carbonyl (C=O) groups is 2. The number of sulfonamides is 1. The average molecular weight is 457 g/mol. The van der Waals surface area contributed by atoms with Crippen LogP contribution in [0, 0.1) is 0 Å². The summed E-state index contributed by atoms with van der Waals surface area (Å²) in [5.41, 5.74) is 0.901. The Hall–Kier alpha value is -2.39. The summed E-state index contributed by atoms with van der Waals surface area (Å²) in [6, 6.07) is 10.6. The van der Waals surface area contributed by atoms with Crippen LogP contribution in [0.25, 0.3) is 6.08 Å². The molecule has 29 heavy (non-hydrogen) atoms. The number of amides is 1. The minimum atomic E-state index is -3.55. The fraction of sp³-hybridized carbons (Fsp3) is 0.158. The first kappa shape index (κ1) is 22.9. The van der Waals surface area contributed by atoms with E-state index >= 15 is 0 Å². The van der Waals surface area contributed by atoms with E-state index in [2.05, 4.69) is 5.32 Å². The van der Waals surface area contributed by atoms with Gasteiger partial charge in [0, 0.05) is 25.9 Å². The van der Waals surface area contributed by atoms with Crippen molar-refractivity contribution < 1.29 is 22.7 Å². The molecule has 2 aromatic rings. The van der Waals surface area contributed by atoms with E-state index in [1.165, 1.54) is 44.4 Å². The van der Waals surface area contributed by atoms with E-state index in [0.29, 0.717) is 21.3 Å². The van der Waals surface area contributed by atoms with Gasteiger partial charge in [0.1, 0.15) is 0 Å². The Bertz CT molecular complexity index is 1040. The smallest absolute Gasteiger partial charge is 0.331 e. The lowest BCUT2D eigenvalue weighted by molar-refractivity contribution is -0.142. The van der Waals surface area contributed by atoms with Crippen LogP contribution in [-0.4, -0.2) is 45.3 Å². The number of ether oxygens (including phenoxy) is 1. The van der Waals surface area contributed by atoms with E-state index in [0.717, 1.165) is 10.4 Å². The number of halogens is 2. The van der Waals surface area contributed by atoms with E-state index in [4.69, 9.17) is 27.9 Å². The van der Waals surface area contributed by atoms with Crippen molar-refractivity contribution in [2.24, 2.45) is 0 Å². The predicted octanol–water partition coefficient (Wildman–Crippen LogP) is 3.44. The van der Waals surface area contributed by atoms with Gasteiger partial charge in [-0.3, -0.25) is 4.79 Å². The predicted molar refractivity (Wildman–Crippen MR) is 112 cm³/mol. The molecule has 2 rings (SSSR count). The van der Waals surface area contributed by atoms with Crippen LogP contribution in [0.2, 0.25) is 10.0 Å². The van der Waals surface area contributed by atoms with Gasteiger partial charge in [-0.05, 0) is 42.0 Å². The van der Waals surface area contributed by atoms with Gasteiger partial charge < -0.3 is 10.1 Å². The Morgan fingerprint density at radius 2 is 1.76 bits per heavy atom. The second-order valence-corrected chi connectivity index (χ2v) is 8.88. The molecule has 0 heterocycles. The molecule has 0 atom stereocenters. The highest BCUT2D eigenvalue weighted by Crippen LogP contribution is 2.26. The van der Waals surface area contributed by atoms with Crippen molar-refractivity contribution in [2.75, 3.05) is 26.0 Å². The summed E-state index contributed by atoms with van der Waals surface area (Å²) in [4.78, 5) is 23.7. The molecule has 0 saturated carbocycles. The maximum atomic E-state index is 12.0. The highest BCUT2D eigenvalue weighted by Gasteiger charge is 2.16. The van der Waals surface area contributed by atoms with Crippen LogP contribution in [0.3, 0.4) is 0 Å². The van der Waals surface area contributed by atoms with Gasteiger partial charge in [0.15, 0.2) is 6.61 Å². The van der Waals surface area contributed by atoms with Crippen LogP contribution in [0.5, 0.6) is 0 Å². The zero-order valence-corrected chi connectivity index (χ0v) is 17.9. The average Bonchev–Trinajstić information content (AvgIpc) is 2.68. The van der Waals surface area contributed by atoms with Crippen molar-refractivity contribution >= 4 is 56.9 Å². The summed E-state index contributed by atoms with van der Waals surface area (Å²) >= 11 is 11.9. The summed E-state index contributed by atoms with van der Waals surface area (Å²) in [7, 11) is -0.703. The van der Waals surface area contributed by atoms with Crippen LogP contribution in [0.15, 0.2) is 53.4 Å². The fourth-order valence-corrected chi connectivity index (χ4v) is 3.38. The van der Waals surface area contributed by atoms with Crippen molar-refractivity contribution in [3.63, 3.8) is 0 Å². The third kappa shape index (κ3) is 6.30. The van der Waals surface area contributed by atoms with Gasteiger partial charge in [0.25, 0.3) is 5.91 Å². The zero-order chi connectivity index (χ0) is 21.6. The van der Waals surface area contributed by atoms with E-state index < -0.39 is 28.5 Å². The van der Waals surface area contributed by atoms with E-state index in [1.54, 1.807) is 18.2 Å².